The molecule has 138 valence electrons. The van der Waals surface area contributed by atoms with E-state index in [0.717, 1.165) is 23.7 Å². The van der Waals surface area contributed by atoms with Gasteiger partial charge in [0.2, 0.25) is 5.91 Å². The second kappa shape index (κ2) is 8.08. The normalized spacial score (nSPS) is 14.9. The summed E-state index contributed by atoms with van der Waals surface area (Å²) < 4.78 is 0. The van der Waals surface area contributed by atoms with E-state index in [2.05, 4.69) is 10.3 Å². The molecule has 2 amide bonds. The molecule has 1 aliphatic carbocycles. The average Bonchev–Trinajstić information content (AvgIpc) is 3.45. The van der Waals surface area contributed by atoms with E-state index in [1.54, 1.807) is 0 Å². The van der Waals surface area contributed by atoms with Crippen LogP contribution in [0.4, 0.5) is 0 Å². The second-order valence-electron chi connectivity index (χ2n) is 6.54. The first-order valence-corrected chi connectivity index (χ1v) is 10.1. The minimum absolute atomic E-state index is 0.0596. The third-order valence-electron chi connectivity index (χ3n) is 4.57. The van der Waals surface area contributed by atoms with Crippen LogP contribution in [0.1, 0.15) is 44.0 Å². The highest BCUT2D eigenvalue weighted by molar-refractivity contribution is 8.00. The number of carbonyl (C=O) groups excluding carboxylic acids is 2. The number of benzene rings is 1. The van der Waals surface area contributed by atoms with E-state index in [1.807, 2.05) is 56.0 Å². The van der Waals surface area contributed by atoms with Gasteiger partial charge in [-0.15, -0.1) is 0 Å². The Hall–Kier alpha value is -2.08. The molecule has 5 nitrogen and oxygen atoms in total. The molecule has 1 N–H and O–H groups in total. The van der Waals surface area contributed by atoms with E-state index in [1.165, 1.54) is 11.8 Å². The van der Waals surface area contributed by atoms with E-state index in [4.69, 9.17) is 0 Å². The van der Waals surface area contributed by atoms with Gasteiger partial charge >= 0.3 is 0 Å². The minimum Gasteiger partial charge on any atom is -0.349 e. The number of fused-ring (bicyclic) bond motifs is 1. The van der Waals surface area contributed by atoms with Crippen molar-refractivity contribution in [3.63, 3.8) is 0 Å². The van der Waals surface area contributed by atoms with Crippen molar-refractivity contribution in [3.8, 4) is 0 Å². The Morgan fingerprint density at radius 1 is 1.27 bits per heavy atom. The van der Waals surface area contributed by atoms with Crippen LogP contribution in [0.15, 0.2) is 35.4 Å². The van der Waals surface area contributed by atoms with E-state index in [0.29, 0.717) is 29.7 Å². The zero-order chi connectivity index (χ0) is 18.7. The summed E-state index contributed by atoms with van der Waals surface area (Å²) in [6, 6.07) is 9.77. The molecule has 3 rings (SSSR count). The van der Waals surface area contributed by atoms with Crippen LogP contribution in [0.2, 0.25) is 0 Å². The third-order valence-corrected chi connectivity index (χ3v) is 5.58. The molecule has 0 radical (unpaired) electrons. The van der Waals surface area contributed by atoms with Crippen molar-refractivity contribution in [1.29, 1.82) is 0 Å². The summed E-state index contributed by atoms with van der Waals surface area (Å²) >= 11 is 1.41. The van der Waals surface area contributed by atoms with E-state index in [9.17, 15) is 9.59 Å². The van der Waals surface area contributed by atoms with E-state index >= 15 is 0 Å². The summed E-state index contributed by atoms with van der Waals surface area (Å²) in [6.45, 7) is 7.24. The quantitative estimate of drug-likeness (QED) is 0.757. The van der Waals surface area contributed by atoms with Crippen molar-refractivity contribution < 1.29 is 9.59 Å². The van der Waals surface area contributed by atoms with Gasteiger partial charge in [0.05, 0.1) is 21.4 Å². The summed E-state index contributed by atoms with van der Waals surface area (Å²) in [5.74, 6) is 0.0367. The Morgan fingerprint density at radius 2 is 1.96 bits per heavy atom. The predicted molar refractivity (Wildman–Crippen MR) is 105 cm³/mol. The number of rotatable bonds is 7. The summed E-state index contributed by atoms with van der Waals surface area (Å²) in [4.78, 5) is 31.7. The average molecular weight is 372 g/mol. The van der Waals surface area contributed by atoms with Gasteiger partial charge in [0, 0.05) is 24.5 Å². The van der Waals surface area contributed by atoms with Crippen molar-refractivity contribution in [3.05, 3.63) is 35.9 Å². The van der Waals surface area contributed by atoms with Crippen LogP contribution in [-0.4, -0.2) is 46.1 Å². The van der Waals surface area contributed by atoms with Gasteiger partial charge in [0.15, 0.2) is 0 Å². The molecular formula is C20H25N3O2S. The Kier molecular flexibility index (Phi) is 5.81. The maximum atomic E-state index is 12.7. The van der Waals surface area contributed by atoms with Gasteiger partial charge in [-0.25, -0.2) is 4.98 Å². The number of para-hydroxylation sites is 1. The molecule has 6 heteroatoms. The lowest BCUT2D eigenvalue weighted by Crippen LogP contribution is -2.36. The van der Waals surface area contributed by atoms with Crippen LogP contribution < -0.4 is 5.32 Å². The van der Waals surface area contributed by atoms with Gasteiger partial charge in [0.1, 0.15) is 0 Å². The Balaban J connectivity index is 1.88. The first-order valence-electron chi connectivity index (χ1n) is 9.19. The molecule has 0 bridgehead atoms. The number of thioether (sulfide) groups is 1. The molecule has 0 spiro atoms. The summed E-state index contributed by atoms with van der Waals surface area (Å²) in [5.41, 5.74) is 1.41. The molecular weight excluding hydrogens is 346 g/mol. The number of nitrogens with zero attached hydrogens (tertiary/aromatic N) is 2. The number of carbonyl (C=O) groups is 2. The third kappa shape index (κ3) is 4.18. The highest BCUT2D eigenvalue weighted by Gasteiger charge is 2.26. The molecule has 1 saturated carbocycles. The largest absolute Gasteiger partial charge is 0.349 e. The van der Waals surface area contributed by atoms with Crippen molar-refractivity contribution in [2.45, 2.75) is 49.9 Å². The number of pyridine rings is 1. The van der Waals surface area contributed by atoms with E-state index < -0.39 is 0 Å². The molecule has 26 heavy (non-hydrogen) atoms. The fourth-order valence-electron chi connectivity index (χ4n) is 2.91. The first-order chi connectivity index (χ1) is 12.5. The van der Waals surface area contributed by atoms with Crippen LogP contribution >= 0.6 is 11.8 Å². The SMILES string of the molecule is CCN(CC)C(=O)C(C)Sc1cc(C(=O)NC2CC2)c2ccccc2n1. The molecule has 1 fully saturated rings. The van der Waals surface area contributed by atoms with Crippen LogP contribution in [-0.2, 0) is 4.79 Å². The fourth-order valence-corrected chi connectivity index (χ4v) is 3.86. The molecule has 1 aliphatic rings. The lowest BCUT2D eigenvalue weighted by molar-refractivity contribution is -0.129. The van der Waals surface area contributed by atoms with Crippen molar-refractivity contribution >= 4 is 34.5 Å². The van der Waals surface area contributed by atoms with Crippen molar-refractivity contribution in [2.75, 3.05) is 13.1 Å². The van der Waals surface area contributed by atoms with E-state index in [-0.39, 0.29) is 17.1 Å². The van der Waals surface area contributed by atoms with Gasteiger partial charge < -0.3 is 10.2 Å². The van der Waals surface area contributed by atoms with Crippen molar-refractivity contribution in [1.82, 2.24) is 15.2 Å². The monoisotopic (exact) mass is 371 g/mol. The number of hydrogen-bond donors (Lipinski definition) is 1. The van der Waals surface area contributed by atoms with Gasteiger partial charge in [-0.2, -0.15) is 0 Å². The Bertz CT molecular complexity index is 816. The zero-order valence-electron chi connectivity index (χ0n) is 15.5. The molecule has 0 aliphatic heterocycles. The standard InChI is InChI=1S/C20H25N3O2S/c1-4-23(5-2)20(25)13(3)26-18-12-16(19(24)21-14-10-11-14)15-8-6-7-9-17(15)22-18/h6-9,12-14H,4-5,10-11H2,1-3H3,(H,21,24). The zero-order valence-corrected chi connectivity index (χ0v) is 16.3. The molecule has 1 aromatic heterocycles. The number of aromatic nitrogens is 1. The minimum atomic E-state index is -0.247. The molecule has 1 aromatic carbocycles. The van der Waals surface area contributed by atoms with Crippen LogP contribution in [0.3, 0.4) is 0 Å². The number of nitrogens with one attached hydrogen (secondary N) is 1. The van der Waals surface area contributed by atoms with Crippen LogP contribution in [0.5, 0.6) is 0 Å². The molecule has 0 saturated heterocycles. The van der Waals surface area contributed by atoms with Gasteiger partial charge in [-0.3, -0.25) is 9.59 Å². The second-order valence-corrected chi connectivity index (χ2v) is 7.90. The highest BCUT2D eigenvalue weighted by atomic mass is 32.2. The van der Waals surface area contributed by atoms with Gasteiger partial charge in [-0.1, -0.05) is 30.0 Å². The Morgan fingerprint density at radius 3 is 2.62 bits per heavy atom. The maximum Gasteiger partial charge on any atom is 0.252 e. The maximum absolute atomic E-state index is 12.7. The van der Waals surface area contributed by atoms with Crippen LogP contribution in [0.25, 0.3) is 10.9 Å². The number of amides is 2. The van der Waals surface area contributed by atoms with Gasteiger partial charge in [-0.05, 0) is 45.7 Å². The molecule has 2 aromatic rings. The lowest BCUT2D eigenvalue weighted by atomic mass is 10.1. The summed E-state index contributed by atoms with van der Waals surface area (Å²) in [6.07, 6.45) is 2.09. The lowest BCUT2D eigenvalue weighted by Gasteiger charge is -2.22. The summed E-state index contributed by atoms with van der Waals surface area (Å²) in [5, 5.41) is 4.35. The Labute approximate surface area is 158 Å². The predicted octanol–water partition coefficient (Wildman–Crippen LogP) is 3.48. The highest BCUT2D eigenvalue weighted by Crippen LogP contribution is 2.28. The molecule has 1 heterocycles. The molecule has 1 unspecified atom stereocenters. The fraction of sp³-hybridized carbons (Fsp3) is 0.450. The molecule has 1 atom stereocenters. The van der Waals surface area contributed by atoms with Crippen LogP contribution in [0, 0.1) is 0 Å². The first kappa shape index (κ1) is 18.7. The topological polar surface area (TPSA) is 62.3 Å². The number of hydrogen-bond acceptors (Lipinski definition) is 4. The smallest absolute Gasteiger partial charge is 0.252 e. The van der Waals surface area contributed by atoms with Crippen molar-refractivity contribution in [2.24, 2.45) is 0 Å². The summed E-state index contributed by atoms with van der Waals surface area (Å²) in [7, 11) is 0. The van der Waals surface area contributed by atoms with Gasteiger partial charge in [0.25, 0.3) is 5.91 Å².